The number of aromatic nitrogens is 2. The van der Waals surface area contributed by atoms with Crippen molar-refractivity contribution in [2.24, 2.45) is 0 Å². The second kappa shape index (κ2) is 18.4. The van der Waals surface area contributed by atoms with E-state index in [-0.39, 0.29) is 5.91 Å². The first-order valence-electron chi connectivity index (χ1n) is 19.2. The number of rotatable bonds is 5. The number of amides is 1. The molecule has 1 aromatic heterocycles. The molecule has 7 rings (SSSR count). The normalized spacial score (nSPS) is 16.1. The van der Waals surface area contributed by atoms with E-state index in [4.69, 9.17) is 18.9 Å². The summed E-state index contributed by atoms with van der Waals surface area (Å²) < 4.78 is 26.6. The van der Waals surface area contributed by atoms with Crippen LogP contribution in [-0.4, -0.2) is 78.0 Å². The number of ether oxygens (including phenoxy) is 4. The SMILES string of the molecule is Cc1ccc2c(c1)Cc1cccc(c1)CN(Cc1ccc3c(c1)Cc1cccc(c1)CN(C(=O)CCn1ccnc1C)CCOCCO3)CCOCCO2. The van der Waals surface area contributed by atoms with Crippen LogP contribution in [-0.2, 0) is 53.3 Å². The minimum atomic E-state index is 0.106. The van der Waals surface area contributed by atoms with Crippen molar-refractivity contribution in [1.29, 1.82) is 0 Å². The first kappa shape index (κ1) is 37.4. The van der Waals surface area contributed by atoms with E-state index in [1.807, 2.05) is 22.6 Å². The molecule has 5 aromatic rings. The van der Waals surface area contributed by atoms with Crippen molar-refractivity contribution in [2.45, 2.75) is 59.3 Å². The standard InChI is InChI=1S/C45H52N4O5/c1-34-9-11-43-41(25-34)28-36-5-3-7-38(26-36)31-47(17-19-51-21-23-53-43)32-40-10-12-44-42(30-40)29-37-6-4-8-39(27-37)33-49(18-20-52-22-24-54-44)45(50)13-15-48-16-14-46-35(48)2/h3-12,14,16,25-27,30H,13,15,17-24,28-29,31-33H2,1-2H3. The summed E-state index contributed by atoms with van der Waals surface area (Å²) in [7, 11) is 0. The van der Waals surface area contributed by atoms with Gasteiger partial charge in [-0.05, 0) is 64.9 Å². The van der Waals surface area contributed by atoms with Gasteiger partial charge in [-0.15, -0.1) is 0 Å². The lowest BCUT2D eigenvalue weighted by molar-refractivity contribution is -0.132. The second-order valence-electron chi connectivity index (χ2n) is 14.4. The van der Waals surface area contributed by atoms with E-state index in [1.54, 1.807) is 6.20 Å². The van der Waals surface area contributed by atoms with Crippen LogP contribution in [0.15, 0.2) is 97.3 Å². The fourth-order valence-corrected chi connectivity index (χ4v) is 7.36. The molecule has 2 aliphatic rings. The molecule has 4 bridgehead atoms. The molecule has 4 aromatic carbocycles. The third-order valence-corrected chi connectivity index (χ3v) is 10.2. The van der Waals surface area contributed by atoms with E-state index in [2.05, 4.69) is 102 Å². The first-order chi connectivity index (χ1) is 26.4. The van der Waals surface area contributed by atoms with Crippen LogP contribution in [0, 0.1) is 13.8 Å². The van der Waals surface area contributed by atoms with Gasteiger partial charge in [0.05, 0.1) is 26.4 Å². The number of hydrogen-bond acceptors (Lipinski definition) is 7. The van der Waals surface area contributed by atoms with Gasteiger partial charge in [0.1, 0.15) is 30.5 Å². The van der Waals surface area contributed by atoms with Crippen LogP contribution < -0.4 is 9.47 Å². The zero-order valence-corrected chi connectivity index (χ0v) is 31.7. The molecule has 1 amide bonds. The zero-order chi connectivity index (χ0) is 37.1. The Balaban J connectivity index is 1.08. The Morgan fingerprint density at radius 1 is 0.685 bits per heavy atom. The second-order valence-corrected chi connectivity index (χ2v) is 14.4. The van der Waals surface area contributed by atoms with Gasteiger partial charge in [0.15, 0.2) is 0 Å². The summed E-state index contributed by atoms with van der Waals surface area (Å²) in [6, 6.07) is 30.5. The van der Waals surface area contributed by atoms with Gasteiger partial charge in [-0.3, -0.25) is 9.69 Å². The Labute approximate surface area is 319 Å². The Hall–Kier alpha value is -4.96. The molecule has 0 spiro atoms. The Kier molecular flexibility index (Phi) is 12.7. The zero-order valence-electron chi connectivity index (χ0n) is 31.7. The molecule has 0 saturated carbocycles. The highest BCUT2D eigenvalue weighted by Gasteiger charge is 2.17. The van der Waals surface area contributed by atoms with Crippen molar-refractivity contribution in [3.05, 3.63) is 148 Å². The molecule has 282 valence electrons. The fourth-order valence-electron chi connectivity index (χ4n) is 7.36. The van der Waals surface area contributed by atoms with Gasteiger partial charge in [0.25, 0.3) is 0 Å². The summed E-state index contributed by atoms with van der Waals surface area (Å²) in [4.78, 5) is 22.1. The highest BCUT2D eigenvalue weighted by Crippen LogP contribution is 2.27. The lowest BCUT2D eigenvalue weighted by Gasteiger charge is -2.25. The predicted molar refractivity (Wildman–Crippen MR) is 210 cm³/mol. The predicted octanol–water partition coefficient (Wildman–Crippen LogP) is 6.92. The number of benzene rings is 4. The molecular weight excluding hydrogens is 677 g/mol. The Morgan fingerprint density at radius 3 is 2.04 bits per heavy atom. The van der Waals surface area contributed by atoms with Gasteiger partial charge in [-0.25, -0.2) is 4.98 Å². The molecule has 2 aliphatic heterocycles. The highest BCUT2D eigenvalue weighted by molar-refractivity contribution is 5.76. The van der Waals surface area contributed by atoms with E-state index in [0.29, 0.717) is 65.7 Å². The number of hydrogen-bond donors (Lipinski definition) is 0. The quantitative estimate of drug-likeness (QED) is 0.195. The number of nitrogens with zero attached hydrogens (tertiary/aromatic N) is 4. The summed E-state index contributed by atoms with van der Waals surface area (Å²) >= 11 is 0. The van der Waals surface area contributed by atoms with Crippen molar-refractivity contribution in [3.63, 3.8) is 0 Å². The molecule has 0 fully saturated rings. The Bertz CT molecular complexity index is 2010. The molecule has 9 nitrogen and oxygen atoms in total. The van der Waals surface area contributed by atoms with Crippen LogP contribution >= 0.6 is 0 Å². The third-order valence-electron chi connectivity index (χ3n) is 10.2. The van der Waals surface area contributed by atoms with Crippen molar-refractivity contribution >= 4 is 5.91 Å². The van der Waals surface area contributed by atoms with Crippen molar-refractivity contribution < 1.29 is 23.7 Å². The van der Waals surface area contributed by atoms with Crippen LogP contribution in [0.4, 0.5) is 0 Å². The van der Waals surface area contributed by atoms with E-state index in [0.717, 1.165) is 60.9 Å². The molecule has 54 heavy (non-hydrogen) atoms. The lowest BCUT2D eigenvalue weighted by Crippen LogP contribution is -2.34. The minimum Gasteiger partial charge on any atom is -0.491 e. The van der Waals surface area contributed by atoms with Gasteiger partial charge in [-0.2, -0.15) is 0 Å². The van der Waals surface area contributed by atoms with E-state index < -0.39 is 0 Å². The van der Waals surface area contributed by atoms with Crippen molar-refractivity contribution in [2.75, 3.05) is 52.7 Å². The molecule has 3 heterocycles. The average Bonchev–Trinajstić information content (AvgIpc) is 3.58. The lowest BCUT2D eigenvalue weighted by atomic mass is 9.99. The maximum Gasteiger partial charge on any atom is 0.224 e. The van der Waals surface area contributed by atoms with E-state index in [9.17, 15) is 4.79 Å². The van der Waals surface area contributed by atoms with Crippen LogP contribution in [0.2, 0.25) is 0 Å². The van der Waals surface area contributed by atoms with Crippen LogP contribution in [0.3, 0.4) is 0 Å². The highest BCUT2D eigenvalue weighted by atomic mass is 16.5. The first-order valence-corrected chi connectivity index (χ1v) is 19.2. The number of aryl methyl sites for hydroxylation is 3. The summed E-state index contributed by atoms with van der Waals surface area (Å²) in [5, 5.41) is 0. The fraction of sp³-hybridized carbons (Fsp3) is 0.378. The number of carbonyl (C=O) groups excluding carboxylic acids is 1. The third kappa shape index (κ3) is 10.4. The number of carbonyl (C=O) groups is 1. The Morgan fingerprint density at radius 2 is 1.33 bits per heavy atom. The molecule has 0 atom stereocenters. The maximum absolute atomic E-state index is 13.4. The molecule has 0 saturated heterocycles. The largest absolute Gasteiger partial charge is 0.491 e. The van der Waals surface area contributed by atoms with Crippen molar-refractivity contribution in [1.82, 2.24) is 19.4 Å². The summed E-state index contributed by atoms with van der Waals surface area (Å²) in [5.41, 5.74) is 9.64. The van der Waals surface area contributed by atoms with Gasteiger partial charge in [0, 0.05) is 70.9 Å². The summed E-state index contributed by atoms with van der Waals surface area (Å²) in [6.45, 7) is 11.2. The van der Waals surface area contributed by atoms with Crippen LogP contribution in [0.5, 0.6) is 11.5 Å². The monoisotopic (exact) mass is 728 g/mol. The molecule has 0 radical (unpaired) electrons. The van der Waals surface area contributed by atoms with Gasteiger partial charge in [0.2, 0.25) is 5.91 Å². The van der Waals surface area contributed by atoms with Crippen molar-refractivity contribution in [3.8, 4) is 11.5 Å². The maximum atomic E-state index is 13.4. The van der Waals surface area contributed by atoms with Gasteiger partial charge >= 0.3 is 0 Å². The van der Waals surface area contributed by atoms with E-state index >= 15 is 0 Å². The molecule has 0 unspecified atom stereocenters. The molecule has 9 heteroatoms. The molecule has 0 aliphatic carbocycles. The number of imidazole rings is 1. The molecule has 0 N–H and O–H groups in total. The van der Waals surface area contributed by atoms with Gasteiger partial charge in [-0.1, -0.05) is 78.4 Å². The number of fused-ring (bicyclic) bond motifs is 6. The molecular formula is C45H52N4O5. The minimum absolute atomic E-state index is 0.106. The summed E-state index contributed by atoms with van der Waals surface area (Å²) in [5.74, 6) is 2.83. The topological polar surface area (TPSA) is 78.3 Å². The van der Waals surface area contributed by atoms with Gasteiger partial charge < -0.3 is 28.4 Å². The smallest absolute Gasteiger partial charge is 0.224 e. The summed E-state index contributed by atoms with van der Waals surface area (Å²) in [6.07, 6.45) is 5.65. The average molecular weight is 729 g/mol. The van der Waals surface area contributed by atoms with Crippen LogP contribution in [0.1, 0.15) is 56.8 Å². The van der Waals surface area contributed by atoms with E-state index in [1.165, 1.54) is 33.4 Å². The van der Waals surface area contributed by atoms with Crippen LogP contribution in [0.25, 0.3) is 0 Å².